The third-order valence-electron chi connectivity index (χ3n) is 2.04. The molecular formula is C10H13N3. The van der Waals surface area contributed by atoms with Gasteiger partial charge in [-0.3, -0.25) is 0 Å². The first-order chi connectivity index (χ1) is 6.19. The normalized spacial score (nSPS) is 12.2. The van der Waals surface area contributed by atoms with E-state index in [1.54, 1.807) is 6.07 Å². The predicted octanol–water partition coefficient (Wildman–Crippen LogP) is 1.04. The van der Waals surface area contributed by atoms with Gasteiger partial charge < -0.3 is 11.1 Å². The molecule has 1 unspecified atom stereocenters. The maximum atomic E-state index is 8.65. The molecule has 0 fully saturated rings. The Hall–Kier alpha value is -1.37. The maximum absolute atomic E-state index is 8.65. The van der Waals surface area contributed by atoms with Gasteiger partial charge in [0.15, 0.2) is 0 Å². The molecule has 0 spiro atoms. The number of hydrogen-bond acceptors (Lipinski definition) is 3. The third kappa shape index (κ3) is 2.05. The van der Waals surface area contributed by atoms with E-state index in [9.17, 15) is 0 Å². The van der Waals surface area contributed by atoms with Crippen LogP contribution in [0.15, 0.2) is 18.2 Å². The molecule has 0 radical (unpaired) electrons. The number of aryl methyl sites for hydroxylation is 1. The van der Waals surface area contributed by atoms with Crippen LogP contribution in [0, 0.1) is 18.3 Å². The van der Waals surface area contributed by atoms with Crippen molar-refractivity contribution in [3.8, 4) is 6.07 Å². The van der Waals surface area contributed by atoms with Crippen molar-refractivity contribution in [1.29, 1.82) is 5.26 Å². The van der Waals surface area contributed by atoms with Gasteiger partial charge in [-0.1, -0.05) is 6.07 Å². The molecule has 0 aliphatic carbocycles. The van der Waals surface area contributed by atoms with E-state index in [2.05, 4.69) is 11.4 Å². The molecule has 1 aromatic rings. The lowest BCUT2D eigenvalue weighted by Gasteiger charge is -2.13. The van der Waals surface area contributed by atoms with Gasteiger partial charge >= 0.3 is 0 Å². The van der Waals surface area contributed by atoms with Crippen molar-refractivity contribution in [1.82, 2.24) is 5.32 Å². The van der Waals surface area contributed by atoms with Gasteiger partial charge in [-0.25, -0.2) is 0 Å². The van der Waals surface area contributed by atoms with Crippen LogP contribution < -0.4 is 11.1 Å². The van der Waals surface area contributed by atoms with Gasteiger partial charge in [-0.15, -0.1) is 0 Å². The van der Waals surface area contributed by atoms with E-state index in [0.29, 0.717) is 5.56 Å². The fourth-order valence-corrected chi connectivity index (χ4v) is 1.25. The summed E-state index contributed by atoms with van der Waals surface area (Å²) in [6.45, 7) is 1.95. The van der Waals surface area contributed by atoms with Gasteiger partial charge in [0.2, 0.25) is 0 Å². The molecule has 0 bridgehead atoms. The van der Waals surface area contributed by atoms with Crippen molar-refractivity contribution in [2.45, 2.75) is 13.1 Å². The number of nitrogens with zero attached hydrogens (tertiary/aromatic N) is 1. The number of benzene rings is 1. The van der Waals surface area contributed by atoms with E-state index < -0.39 is 0 Å². The van der Waals surface area contributed by atoms with Gasteiger partial charge in [-0.05, 0) is 37.2 Å². The monoisotopic (exact) mass is 175 g/mol. The number of nitriles is 1. The molecule has 1 atom stereocenters. The molecule has 0 heterocycles. The van der Waals surface area contributed by atoms with Crippen LogP contribution in [0.4, 0.5) is 0 Å². The van der Waals surface area contributed by atoms with Crippen LogP contribution in [-0.4, -0.2) is 7.05 Å². The Morgan fingerprint density at radius 1 is 1.54 bits per heavy atom. The van der Waals surface area contributed by atoms with Crippen LogP contribution in [0.25, 0.3) is 0 Å². The van der Waals surface area contributed by atoms with Crippen LogP contribution in [0.3, 0.4) is 0 Å². The Labute approximate surface area is 78.2 Å². The molecule has 0 aliphatic rings. The summed E-state index contributed by atoms with van der Waals surface area (Å²) in [7, 11) is 1.81. The van der Waals surface area contributed by atoms with Crippen LogP contribution in [-0.2, 0) is 0 Å². The molecule has 0 aliphatic heterocycles. The van der Waals surface area contributed by atoms with Gasteiger partial charge in [0.25, 0.3) is 0 Å². The van der Waals surface area contributed by atoms with Gasteiger partial charge in [0.1, 0.15) is 0 Å². The fraction of sp³-hybridized carbons (Fsp3) is 0.300. The highest BCUT2D eigenvalue weighted by molar-refractivity contribution is 5.38. The number of hydrogen-bond donors (Lipinski definition) is 2. The van der Waals surface area contributed by atoms with Crippen molar-refractivity contribution < 1.29 is 0 Å². The molecule has 0 amide bonds. The molecule has 3 N–H and O–H groups in total. The second kappa shape index (κ2) is 4.04. The van der Waals surface area contributed by atoms with E-state index in [4.69, 9.17) is 11.0 Å². The highest BCUT2D eigenvalue weighted by Crippen LogP contribution is 2.14. The van der Waals surface area contributed by atoms with Gasteiger partial charge in [0, 0.05) is 0 Å². The van der Waals surface area contributed by atoms with E-state index in [0.717, 1.165) is 11.1 Å². The standard InChI is InChI=1S/C10H13N3/c1-7-5-8(6-11)3-4-9(7)10(12)13-2/h3-5,10,13H,12H2,1-2H3. The first-order valence-electron chi connectivity index (χ1n) is 4.12. The molecule has 3 heteroatoms. The van der Waals surface area contributed by atoms with E-state index in [1.165, 1.54) is 0 Å². The minimum absolute atomic E-state index is 0.159. The van der Waals surface area contributed by atoms with Crippen molar-refractivity contribution >= 4 is 0 Å². The molecule has 1 aromatic carbocycles. The Balaban J connectivity index is 3.07. The summed E-state index contributed by atoms with van der Waals surface area (Å²) in [5.74, 6) is 0. The molecule has 0 aromatic heterocycles. The highest BCUT2D eigenvalue weighted by Gasteiger charge is 2.06. The fourth-order valence-electron chi connectivity index (χ4n) is 1.25. The van der Waals surface area contributed by atoms with Crippen molar-refractivity contribution in [3.05, 3.63) is 34.9 Å². The maximum Gasteiger partial charge on any atom is 0.0991 e. The van der Waals surface area contributed by atoms with Crippen LogP contribution in [0.1, 0.15) is 22.9 Å². The Morgan fingerprint density at radius 2 is 2.23 bits per heavy atom. The van der Waals surface area contributed by atoms with Crippen molar-refractivity contribution in [2.24, 2.45) is 5.73 Å². The van der Waals surface area contributed by atoms with Crippen molar-refractivity contribution in [2.75, 3.05) is 7.05 Å². The van der Waals surface area contributed by atoms with Crippen LogP contribution in [0.2, 0.25) is 0 Å². The van der Waals surface area contributed by atoms with Crippen LogP contribution >= 0.6 is 0 Å². The minimum Gasteiger partial charge on any atom is -0.312 e. The molecule has 1 rings (SSSR count). The summed E-state index contributed by atoms with van der Waals surface area (Å²) >= 11 is 0. The van der Waals surface area contributed by atoms with Gasteiger partial charge in [0.05, 0.1) is 17.8 Å². The second-order valence-electron chi connectivity index (χ2n) is 2.95. The lowest BCUT2D eigenvalue weighted by molar-refractivity contribution is 0.619. The van der Waals surface area contributed by atoms with Gasteiger partial charge in [-0.2, -0.15) is 5.26 Å². The van der Waals surface area contributed by atoms with E-state index in [-0.39, 0.29) is 6.17 Å². The highest BCUT2D eigenvalue weighted by atomic mass is 15.0. The zero-order chi connectivity index (χ0) is 9.84. The second-order valence-corrected chi connectivity index (χ2v) is 2.95. The van der Waals surface area contributed by atoms with E-state index >= 15 is 0 Å². The summed E-state index contributed by atoms with van der Waals surface area (Å²) in [6, 6.07) is 7.59. The molecule has 0 saturated carbocycles. The number of nitrogens with one attached hydrogen (secondary N) is 1. The zero-order valence-corrected chi connectivity index (χ0v) is 7.83. The summed E-state index contributed by atoms with van der Waals surface area (Å²) in [5, 5.41) is 11.6. The predicted molar refractivity (Wildman–Crippen MR) is 51.9 cm³/mol. The summed E-state index contributed by atoms with van der Waals surface area (Å²) in [5.41, 5.74) is 8.54. The molecule has 3 nitrogen and oxygen atoms in total. The topological polar surface area (TPSA) is 61.8 Å². The lowest BCUT2D eigenvalue weighted by atomic mass is 10.0. The summed E-state index contributed by atoms with van der Waals surface area (Å²) in [6.07, 6.45) is -0.159. The minimum atomic E-state index is -0.159. The molecule has 68 valence electrons. The Bertz CT molecular complexity index is 339. The molecule has 13 heavy (non-hydrogen) atoms. The largest absolute Gasteiger partial charge is 0.312 e. The average molecular weight is 175 g/mol. The number of nitrogens with two attached hydrogens (primary N) is 1. The molecule has 0 saturated heterocycles. The Morgan fingerprint density at radius 3 is 2.69 bits per heavy atom. The third-order valence-corrected chi connectivity index (χ3v) is 2.04. The first-order valence-corrected chi connectivity index (χ1v) is 4.12. The van der Waals surface area contributed by atoms with E-state index in [1.807, 2.05) is 26.1 Å². The number of rotatable bonds is 2. The molecular weight excluding hydrogens is 162 g/mol. The van der Waals surface area contributed by atoms with Crippen LogP contribution in [0.5, 0.6) is 0 Å². The summed E-state index contributed by atoms with van der Waals surface area (Å²) in [4.78, 5) is 0. The Kier molecular flexibility index (Phi) is 3.02. The SMILES string of the molecule is CNC(N)c1ccc(C#N)cc1C. The van der Waals surface area contributed by atoms with Crippen molar-refractivity contribution in [3.63, 3.8) is 0 Å². The smallest absolute Gasteiger partial charge is 0.0991 e. The first kappa shape index (κ1) is 9.72. The average Bonchev–Trinajstić information content (AvgIpc) is 2.16. The zero-order valence-electron chi connectivity index (χ0n) is 7.83. The lowest BCUT2D eigenvalue weighted by Crippen LogP contribution is -2.25. The summed E-state index contributed by atoms with van der Waals surface area (Å²) < 4.78 is 0. The quantitative estimate of drug-likeness (QED) is 0.660.